The minimum atomic E-state index is -0.493. The standard InChI is InChI=1S/C14H20ClN3O3/c1-9-7-11(17-12(15)16-9)20-10-5-6-18(8-10)13(19)21-14(2,3)4/h7,10H,5-6,8H2,1-4H3. The van der Waals surface area contributed by atoms with Crippen molar-refractivity contribution >= 4 is 17.7 Å². The molecule has 1 amide bonds. The lowest BCUT2D eigenvalue weighted by molar-refractivity contribution is 0.0275. The third kappa shape index (κ3) is 4.74. The van der Waals surface area contributed by atoms with E-state index in [0.29, 0.717) is 19.0 Å². The second kappa shape index (κ2) is 6.05. The maximum atomic E-state index is 12.0. The van der Waals surface area contributed by atoms with Crippen LogP contribution in [0.3, 0.4) is 0 Å². The van der Waals surface area contributed by atoms with Crippen LogP contribution in [0.15, 0.2) is 6.07 Å². The summed E-state index contributed by atoms with van der Waals surface area (Å²) in [5.41, 5.74) is 0.250. The van der Waals surface area contributed by atoms with E-state index in [1.165, 1.54) is 0 Å². The number of carbonyl (C=O) groups excluding carboxylic acids is 1. The fourth-order valence-electron chi connectivity index (χ4n) is 2.05. The van der Waals surface area contributed by atoms with Gasteiger partial charge in [-0.05, 0) is 39.3 Å². The number of hydrogen-bond donors (Lipinski definition) is 0. The summed E-state index contributed by atoms with van der Waals surface area (Å²) in [6, 6.07) is 1.72. The number of carbonyl (C=O) groups is 1. The van der Waals surface area contributed by atoms with Crippen molar-refractivity contribution in [3.05, 3.63) is 17.0 Å². The molecule has 21 heavy (non-hydrogen) atoms. The van der Waals surface area contributed by atoms with Crippen LogP contribution in [0.5, 0.6) is 5.88 Å². The van der Waals surface area contributed by atoms with Crippen LogP contribution in [0, 0.1) is 6.92 Å². The first-order valence-electron chi connectivity index (χ1n) is 6.89. The monoisotopic (exact) mass is 313 g/mol. The fraction of sp³-hybridized carbons (Fsp3) is 0.643. The number of nitrogens with zero attached hydrogens (tertiary/aromatic N) is 3. The molecule has 0 spiro atoms. The number of aryl methyl sites for hydroxylation is 1. The van der Waals surface area contributed by atoms with E-state index in [-0.39, 0.29) is 17.5 Å². The third-order valence-corrected chi connectivity index (χ3v) is 3.06. The molecular formula is C14H20ClN3O3. The van der Waals surface area contributed by atoms with Crippen LogP contribution in [0.25, 0.3) is 0 Å². The van der Waals surface area contributed by atoms with E-state index in [9.17, 15) is 4.79 Å². The quantitative estimate of drug-likeness (QED) is 0.786. The first-order valence-corrected chi connectivity index (χ1v) is 7.26. The Morgan fingerprint density at radius 2 is 2.14 bits per heavy atom. The lowest BCUT2D eigenvalue weighted by Crippen LogP contribution is -2.36. The molecule has 1 aromatic rings. The van der Waals surface area contributed by atoms with Gasteiger partial charge in [0.15, 0.2) is 0 Å². The van der Waals surface area contributed by atoms with E-state index in [2.05, 4.69) is 9.97 Å². The molecule has 1 aliphatic rings. The van der Waals surface area contributed by atoms with Gasteiger partial charge in [0.2, 0.25) is 11.2 Å². The molecule has 1 unspecified atom stereocenters. The number of halogens is 1. The van der Waals surface area contributed by atoms with Crippen LogP contribution in [0.2, 0.25) is 5.28 Å². The van der Waals surface area contributed by atoms with Gasteiger partial charge in [0, 0.05) is 24.7 Å². The van der Waals surface area contributed by atoms with Gasteiger partial charge in [-0.15, -0.1) is 0 Å². The Morgan fingerprint density at radius 1 is 1.43 bits per heavy atom. The SMILES string of the molecule is Cc1cc(OC2CCN(C(=O)OC(C)(C)C)C2)nc(Cl)n1. The molecule has 0 saturated carbocycles. The molecule has 1 atom stereocenters. The molecule has 1 aromatic heterocycles. The predicted molar refractivity (Wildman–Crippen MR) is 78.6 cm³/mol. The van der Waals surface area contributed by atoms with Crippen molar-refractivity contribution in [3.63, 3.8) is 0 Å². The normalized spacial score (nSPS) is 18.7. The highest BCUT2D eigenvalue weighted by Crippen LogP contribution is 2.20. The van der Waals surface area contributed by atoms with Crippen molar-refractivity contribution < 1.29 is 14.3 Å². The summed E-state index contributed by atoms with van der Waals surface area (Å²) in [6.45, 7) is 8.46. The minimum absolute atomic E-state index is 0.108. The molecule has 0 N–H and O–H groups in total. The summed E-state index contributed by atoms with van der Waals surface area (Å²) in [7, 11) is 0. The van der Waals surface area contributed by atoms with Crippen LogP contribution in [-0.2, 0) is 4.74 Å². The molecule has 116 valence electrons. The first kappa shape index (κ1) is 15.8. The Labute approximate surface area is 129 Å². The maximum absolute atomic E-state index is 12.0. The van der Waals surface area contributed by atoms with Crippen molar-refractivity contribution in [2.24, 2.45) is 0 Å². The van der Waals surface area contributed by atoms with E-state index in [1.54, 1.807) is 11.0 Å². The van der Waals surface area contributed by atoms with E-state index >= 15 is 0 Å². The predicted octanol–water partition coefficient (Wildman–Crippen LogP) is 2.83. The molecule has 1 saturated heterocycles. The van der Waals surface area contributed by atoms with E-state index in [0.717, 1.165) is 12.1 Å². The van der Waals surface area contributed by atoms with Gasteiger partial charge in [-0.1, -0.05) is 0 Å². The summed E-state index contributed by atoms with van der Waals surface area (Å²) in [5.74, 6) is 0.434. The van der Waals surface area contributed by atoms with Crippen molar-refractivity contribution in [3.8, 4) is 5.88 Å². The summed E-state index contributed by atoms with van der Waals surface area (Å²) in [6.07, 6.45) is 0.313. The van der Waals surface area contributed by atoms with Gasteiger partial charge < -0.3 is 14.4 Å². The molecule has 0 radical (unpaired) electrons. The molecular weight excluding hydrogens is 294 g/mol. The van der Waals surface area contributed by atoms with Crippen molar-refractivity contribution in [1.82, 2.24) is 14.9 Å². The Hall–Kier alpha value is -1.56. The largest absolute Gasteiger partial charge is 0.472 e. The first-order chi connectivity index (χ1) is 9.73. The van der Waals surface area contributed by atoms with E-state index in [1.807, 2.05) is 27.7 Å². The van der Waals surface area contributed by atoms with Gasteiger partial charge in [-0.2, -0.15) is 4.98 Å². The minimum Gasteiger partial charge on any atom is -0.472 e. The number of aromatic nitrogens is 2. The highest BCUT2D eigenvalue weighted by molar-refractivity contribution is 6.28. The summed E-state index contributed by atoms with van der Waals surface area (Å²) in [5, 5.41) is 0.159. The molecule has 1 fully saturated rings. The van der Waals surface area contributed by atoms with Crippen molar-refractivity contribution in [2.45, 2.75) is 45.8 Å². The number of rotatable bonds is 2. The maximum Gasteiger partial charge on any atom is 0.410 e. The highest BCUT2D eigenvalue weighted by Gasteiger charge is 2.31. The van der Waals surface area contributed by atoms with Gasteiger partial charge in [-0.25, -0.2) is 9.78 Å². The average Bonchev–Trinajstić information content (AvgIpc) is 2.73. The van der Waals surface area contributed by atoms with Crippen LogP contribution in [0.1, 0.15) is 32.9 Å². The van der Waals surface area contributed by atoms with Crippen molar-refractivity contribution in [2.75, 3.05) is 13.1 Å². The zero-order chi connectivity index (χ0) is 15.6. The van der Waals surface area contributed by atoms with Crippen LogP contribution in [-0.4, -0.2) is 45.8 Å². The number of amides is 1. The van der Waals surface area contributed by atoms with Crippen LogP contribution < -0.4 is 4.74 Å². The second-order valence-electron chi connectivity index (χ2n) is 6.07. The van der Waals surface area contributed by atoms with E-state index < -0.39 is 5.60 Å². The fourth-order valence-corrected chi connectivity index (χ4v) is 2.27. The topological polar surface area (TPSA) is 64.5 Å². The molecule has 6 nitrogen and oxygen atoms in total. The second-order valence-corrected chi connectivity index (χ2v) is 6.41. The number of ether oxygens (including phenoxy) is 2. The molecule has 0 aromatic carbocycles. The number of likely N-dealkylation sites (tertiary alicyclic amines) is 1. The lowest BCUT2D eigenvalue weighted by atomic mass is 10.2. The van der Waals surface area contributed by atoms with Gasteiger partial charge in [0.1, 0.15) is 11.7 Å². The lowest BCUT2D eigenvalue weighted by Gasteiger charge is -2.24. The Balaban J connectivity index is 1.92. The zero-order valence-corrected chi connectivity index (χ0v) is 13.5. The van der Waals surface area contributed by atoms with Gasteiger partial charge in [-0.3, -0.25) is 0 Å². The van der Waals surface area contributed by atoms with Gasteiger partial charge >= 0.3 is 6.09 Å². The third-order valence-electron chi connectivity index (χ3n) is 2.89. The summed E-state index contributed by atoms with van der Waals surface area (Å²) in [4.78, 5) is 21.6. The molecule has 0 aliphatic carbocycles. The van der Waals surface area contributed by atoms with Crippen LogP contribution in [0.4, 0.5) is 4.79 Å². The van der Waals surface area contributed by atoms with Crippen molar-refractivity contribution in [1.29, 1.82) is 0 Å². The van der Waals surface area contributed by atoms with Gasteiger partial charge in [0.05, 0.1) is 6.54 Å². The Kier molecular flexibility index (Phi) is 4.56. The zero-order valence-electron chi connectivity index (χ0n) is 12.7. The molecule has 1 aliphatic heterocycles. The van der Waals surface area contributed by atoms with Gasteiger partial charge in [0.25, 0.3) is 0 Å². The molecule has 2 heterocycles. The average molecular weight is 314 g/mol. The molecule has 2 rings (SSSR count). The summed E-state index contributed by atoms with van der Waals surface area (Å²) < 4.78 is 11.1. The van der Waals surface area contributed by atoms with E-state index in [4.69, 9.17) is 21.1 Å². The Bertz CT molecular complexity index is 510. The van der Waals surface area contributed by atoms with Crippen LogP contribution >= 0.6 is 11.6 Å². The highest BCUT2D eigenvalue weighted by atomic mass is 35.5. The number of hydrogen-bond acceptors (Lipinski definition) is 5. The summed E-state index contributed by atoms with van der Waals surface area (Å²) >= 11 is 5.80. The molecule has 0 bridgehead atoms. The Morgan fingerprint density at radius 3 is 2.76 bits per heavy atom. The molecule has 7 heteroatoms. The smallest absolute Gasteiger partial charge is 0.410 e.